The third kappa shape index (κ3) is 6.49. The van der Waals surface area contributed by atoms with Crippen LogP contribution < -0.4 is 19.5 Å². The molecule has 6 nitrogen and oxygen atoms in total. The largest absolute Gasteiger partial charge is 0.494 e. The predicted molar refractivity (Wildman–Crippen MR) is 128 cm³/mol. The average molecular weight is 453 g/mol. The minimum Gasteiger partial charge on any atom is -0.494 e. The number of nitrogens with zero attached hydrogens (tertiary/aromatic N) is 1. The summed E-state index contributed by atoms with van der Waals surface area (Å²) in [5, 5.41) is 3.11. The molecule has 0 saturated heterocycles. The van der Waals surface area contributed by atoms with E-state index in [1.54, 1.807) is 18.3 Å². The number of carbonyl (C=O) groups is 1. The molecule has 3 aromatic carbocycles. The normalized spacial score (nSPS) is 10.8. The van der Waals surface area contributed by atoms with Crippen LogP contribution in [-0.4, -0.2) is 32.4 Å². The van der Waals surface area contributed by atoms with E-state index in [2.05, 4.69) is 10.3 Å². The van der Waals surface area contributed by atoms with Crippen molar-refractivity contribution in [2.24, 2.45) is 4.99 Å². The molecule has 166 valence electrons. The maximum Gasteiger partial charge on any atom is 0.262 e. The Bertz CT molecular complexity index is 1100. The summed E-state index contributed by atoms with van der Waals surface area (Å²) in [5.41, 5.74) is 3.27. The number of hydrogen-bond acceptors (Lipinski definition) is 5. The Hall–Kier alpha value is -3.51. The monoisotopic (exact) mass is 452 g/mol. The molecule has 1 N–H and O–H groups in total. The van der Waals surface area contributed by atoms with Crippen LogP contribution in [0.25, 0.3) is 0 Å². The second-order valence-electron chi connectivity index (χ2n) is 6.93. The molecule has 3 rings (SSSR count). The van der Waals surface area contributed by atoms with Gasteiger partial charge in [-0.2, -0.15) is 0 Å². The highest BCUT2D eigenvalue weighted by Crippen LogP contribution is 2.36. The first kappa shape index (κ1) is 23.2. The third-order valence-electron chi connectivity index (χ3n) is 4.41. The van der Waals surface area contributed by atoms with Crippen molar-refractivity contribution >= 4 is 35.1 Å². The number of carbonyl (C=O) groups excluding carboxylic acids is 1. The Morgan fingerprint density at radius 3 is 2.56 bits per heavy atom. The van der Waals surface area contributed by atoms with Crippen molar-refractivity contribution in [1.29, 1.82) is 0 Å². The standard InChI is InChI=1S/C25H25ClN2O4/c1-4-31-21-10-8-19(9-11-21)27-15-18-13-22(26)25(23(14-18)30-3)32-16-24(29)28-20-7-5-6-17(2)12-20/h5-15H,4,16H2,1-3H3,(H,28,29). The van der Waals surface area contributed by atoms with Crippen LogP contribution in [0.5, 0.6) is 17.2 Å². The molecule has 0 atom stereocenters. The number of nitrogens with one attached hydrogen (secondary N) is 1. The smallest absolute Gasteiger partial charge is 0.262 e. The lowest BCUT2D eigenvalue weighted by molar-refractivity contribution is -0.118. The summed E-state index contributed by atoms with van der Waals surface area (Å²) in [5.74, 6) is 1.21. The third-order valence-corrected chi connectivity index (χ3v) is 4.69. The molecule has 0 aliphatic heterocycles. The van der Waals surface area contributed by atoms with Gasteiger partial charge in [-0.3, -0.25) is 9.79 Å². The van der Waals surface area contributed by atoms with E-state index in [0.29, 0.717) is 28.8 Å². The topological polar surface area (TPSA) is 69.2 Å². The molecule has 0 fully saturated rings. The molecular weight excluding hydrogens is 428 g/mol. The molecule has 3 aromatic rings. The predicted octanol–water partition coefficient (Wildman–Crippen LogP) is 5.82. The van der Waals surface area contributed by atoms with Crippen molar-refractivity contribution in [2.45, 2.75) is 13.8 Å². The number of halogens is 1. The molecular formula is C25H25ClN2O4. The van der Waals surface area contributed by atoms with E-state index < -0.39 is 0 Å². The Morgan fingerprint density at radius 2 is 1.88 bits per heavy atom. The average Bonchev–Trinajstić information content (AvgIpc) is 2.77. The van der Waals surface area contributed by atoms with E-state index in [4.69, 9.17) is 25.8 Å². The number of ether oxygens (including phenoxy) is 3. The van der Waals surface area contributed by atoms with Crippen molar-refractivity contribution < 1.29 is 19.0 Å². The maximum atomic E-state index is 12.2. The summed E-state index contributed by atoms with van der Waals surface area (Å²) in [6.07, 6.45) is 1.68. The lowest BCUT2D eigenvalue weighted by atomic mass is 10.2. The van der Waals surface area contributed by atoms with Crippen molar-refractivity contribution in [3.05, 3.63) is 76.8 Å². The SMILES string of the molecule is CCOc1ccc(N=Cc2cc(Cl)c(OCC(=O)Nc3cccc(C)c3)c(OC)c2)cc1. The minimum absolute atomic E-state index is 0.205. The van der Waals surface area contributed by atoms with E-state index >= 15 is 0 Å². The van der Waals surface area contributed by atoms with E-state index in [1.807, 2.05) is 62.4 Å². The Morgan fingerprint density at radius 1 is 1.09 bits per heavy atom. The zero-order valence-electron chi connectivity index (χ0n) is 18.2. The molecule has 0 radical (unpaired) electrons. The fourth-order valence-electron chi connectivity index (χ4n) is 2.96. The van der Waals surface area contributed by atoms with E-state index in [1.165, 1.54) is 7.11 Å². The van der Waals surface area contributed by atoms with Gasteiger partial charge in [0.25, 0.3) is 5.91 Å². The summed E-state index contributed by atoms with van der Waals surface area (Å²) < 4.78 is 16.5. The molecule has 1 amide bonds. The van der Waals surface area contributed by atoms with Gasteiger partial charge in [0.15, 0.2) is 18.1 Å². The minimum atomic E-state index is -0.296. The van der Waals surface area contributed by atoms with Gasteiger partial charge in [0, 0.05) is 11.9 Å². The van der Waals surface area contributed by atoms with Crippen molar-refractivity contribution in [3.63, 3.8) is 0 Å². The van der Waals surface area contributed by atoms with Crippen LogP contribution in [0.1, 0.15) is 18.1 Å². The van der Waals surface area contributed by atoms with Gasteiger partial charge in [-0.25, -0.2) is 0 Å². The van der Waals surface area contributed by atoms with Gasteiger partial charge in [-0.05, 0) is 73.5 Å². The van der Waals surface area contributed by atoms with Gasteiger partial charge in [0.1, 0.15) is 5.75 Å². The zero-order chi connectivity index (χ0) is 22.9. The Balaban J connectivity index is 1.67. The van der Waals surface area contributed by atoms with Crippen LogP contribution in [0, 0.1) is 6.92 Å². The highest BCUT2D eigenvalue weighted by atomic mass is 35.5. The molecule has 0 spiro atoms. The zero-order valence-corrected chi connectivity index (χ0v) is 19.0. The van der Waals surface area contributed by atoms with Gasteiger partial charge in [-0.1, -0.05) is 23.7 Å². The van der Waals surface area contributed by atoms with Crippen LogP contribution in [0.3, 0.4) is 0 Å². The van der Waals surface area contributed by atoms with E-state index in [-0.39, 0.29) is 12.5 Å². The molecule has 0 aliphatic carbocycles. The van der Waals surface area contributed by atoms with Gasteiger partial charge >= 0.3 is 0 Å². The number of amides is 1. The highest BCUT2D eigenvalue weighted by Gasteiger charge is 2.14. The quantitative estimate of drug-likeness (QED) is 0.415. The summed E-state index contributed by atoms with van der Waals surface area (Å²) in [6, 6.07) is 18.4. The first-order valence-corrected chi connectivity index (χ1v) is 10.5. The summed E-state index contributed by atoms with van der Waals surface area (Å²) in [6.45, 7) is 4.30. The molecule has 32 heavy (non-hydrogen) atoms. The van der Waals surface area contributed by atoms with Crippen LogP contribution in [-0.2, 0) is 4.79 Å². The van der Waals surface area contributed by atoms with Crippen molar-refractivity contribution in [1.82, 2.24) is 0 Å². The molecule has 0 bridgehead atoms. The molecule has 0 unspecified atom stereocenters. The Kier molecular flexibility index (Phi) is 8.11. The number of rotatable bonds is 9. The van der Waals surface area contributed by atoms with Gasteiger partial charge in [0.2, 0.25) is 0 Å². The van der Waals surface area contributed by atoms with Crippen molar-refractivity contribution in [3.8, 4) is 17.2 Å². The van der Waals surface area contributed by atoms with Gasteiger partial charge < -0.3 is 19.5 Å². The van der Waals surface area contributed by atoms with E-state index in [9.17, 15) is 4.79 Å². The summed E-state index contributed by atoms with van der Waals surface area (Å²) in [4.78, 5) is 16.7. The lowest BCUT2D eigenvalue weighted by Crippen LogP contribution is -2.20. The summed E-state index contributed by atoms with van der Waals surface area (Å²) in [7, 11) is 1.51. The number of anilines is 1. The first-order valence-electron chi connectivity index (χ1n) is 10.1. The molecule has 7 heteroatoms. The second-order valence-corrected chi connectivity index (χ2v) is 7.33. The molecule has 0 aromatic heterocycles. The number of aliphatic imine (C=N–C) groups is 1. The van der Waals surface area contributed by atoms with Crippen LogP contribution in [0.4, 0.5) is 11.4 Å². The number of benzene rings is 3. The first-order chi connectivity index (χ1) is 15.5. The Labute approximate surface area is 192 Å². The fraction of sp³-hybridized carbons (Fsp3) is 0.200. The number of methoxy groups -OCH3 is 1. The van der Waals surface area contributed by atoms with E-state index in [0.717, 1.165) is 22.6 Å². The fourth-order valence-corrected chi connectivity index (χ4v) is 3.23. The summed E-state index contributed by atoms with van der Waals surface area (Å²) >= 11 is 6.40. The number of hydrogen-bond donors (Lipinski definition) is 1. The second kappa shape index (κ2) is 11.2. The maximum absolute atomic E-state index is 12.2. The number of aryl methyl sites for hydroxylation is 1. The van der Waals surface area contributed by atoms with Crippen LogP contribution in [0.2, 0.25) is 5.02 Å². The molecule has 0 heterocycles. The molecule has 0 aliphatic rings. The van der Waals surface area contributed by atoms with Crippen molar-refractivity contribution in [2.75, 3.05) is 25.6 Å². The van der Waals surface area contributed by atoms with Gasteiger partial charge in [0.05, 0.1) is 24.4 Å². The molecule has 0 saturated carbocycles. The van der Waals surface area contributed by atoms with Gasteiger partial charge in [-0.15, -0.1) is 0 Å². The van der Waals surface area contributed by atoms with Crippen LogP contribution in [0.15, 0.2) is 65.7 Å². The highest BCUT2D eigenvalue weighted by molar-refractivity contribution is 6.32. The lowest BCUT2D eigenvalue weighted by Gasteiger charge is -2.13. The van der Waals surface area contributed by atoms with Crippen LogP contribution >= 0.6 is 11.6 Å².